The Labute approximate surface area is 297 Å². The van der Waals surface area contributed by atoms with Crippen molar-refractivity contribution in [1.29, 1.82) is 0 Å². The van der Waals surface area contributed by atoms with E-state index in [-0.39, 0.29) is 5.41 Å². The van der Waals surface area contributed by atoms with Gasteiger partial charge in [-0.1, -0.05) is 44.2 Å². The molecule has 11 heteroatoms. The zero-order chi connectivity index (χ0) is 35.8. The molecule has 51 heavy (non-hydrogen) atoms. The second-order valence-electron chi connectivity index (χ2n) is 15.8. The van der Waals surface area contributed by atoms with E-state index in [9.17, 15) is 9.90 Å². The van der Waals surface area contributed by atoms with Crippen LogP contribution in [-0.4, -0.2) is 60.9 Å². The van der Waals surface area contributed by atoms with Gasteiger partial charge in [0.1, 0.15) is 23.3 Å². The van der Waals surface area contributed by atoms with E-state index in [0.717, 1.165) is 89.4 Å². The molecular formula is C40H45N7O4. The highest BCUT2D eigenvalue weighted by Crippen LogP contribution is 2.46. The second-order valence-corrected chi connectivity index (χ2v) is 15.8. The monoisotopic (exact) mass is 687 g/mol. The summed E-state index contributed by atoms with van der Waals surface area (Å²) in [5.74, 6) is 0.396. The normalized spacial score (nSPS) is 17.0. The van der Waals surface area contributed by atoms with Gasteiger partial charge in [-0.05, 0) is 88.1 Å². The molecule has 11 nitrogen and oxygen atoms in total. The van der Waals surface area contributed by atoms with Crippen molar-refractivity contribution in [2.24, 2.45) is 5.41 Å². The lowest BCUT2D eigenvalue weighted by atomic mass is 9.82. The molecule has 2 aromatic carbocycles. The van der Waals surface area contributed by atoms with Gasteiger partial charge in [0.2, 0.25) is 0 Å². The maximum atomic E-state index is 13.1. The minimum Gasteiger partial charge on any atom is -0.479 e. The number of aryl methyl sites for hydroxylation is 2. The van der Waals surface area contributed by atoms with Crippen molar-refractivity contribution in [2.75, 3.05) is 29.4 Å². The molecule has 0 aliphatic carbocycles. The van der Waals surface area contributed by atoms with E-state index in [1.54, 1.807) is 6.33 Å². The van der Waals surface area contributed by atoms with Crippen molar-refractivity contribution >= 4 is 45.2 Å². The zero-order valence-electron chi connectivity index (χ0n) is 30.4. The molecule has 0 saturated carbocycles. The predicted octanol–water partition coefficient (Wildman–Crippen LogP) is 7.83. The van der Waals surface area contributed by atoms with Crippen LogP contribution in [0.1, 0.15) is 81.8 Å². The maximum Gasteiger partial charge on any atom is 0.337 e. The quantitative estimate of drug-likeness (QED) is 0.185. The predicted molar refractivity (Wildman–Crippen MR) is 198 cm³/mol. The number of ether oxygens (including phenoxy) is 1. The Morgan fingerprint density at radius 2 is 1.76 bits per heavy atom. The minimum absolute atomic E-state index is 0.199. The molecule has 6 heterocycles. The Kier molecular flexibility index (Phi) is 7.82. The number of piperidine rings is 1. The van der Waals surface area contributed by atoms with E-state index in [2.05, 4.69) is 51.8 Å². The highest BCUT2D eigenvalue weighted by atomic mass is 16.5. The van der Waals surface area contributed by atoms with Crippen molar-refractivity contribution in [3.05, 3.63) is 77.0 Å². The summed E-state index contributed by atoms with van der Waals surface area (Å²) < 4.78 is 14.5. The van der Waals surface area contributed by atoms with Crippen molar-refractivity contribution in [3.8, 4) is 11.1 Å². The van der Waals surface area contributed by atoms with E-state index >= 15 is 0 Å². The van der Waals surface area contributed by atoms with Crippen molar-refractivity contribution < 1.29 is 19.1 Å². The third kappa shape index (κ3) is 5.87. The first kappa shape index (κ1) is 33.1. The highest BCUT2D eigenvalue weighted by molar-refractivity contribution is 6.05. The fourth-order valence-corrected chi connectivity index (χ4v) is 7.79. The van der Waals surface area contributed by atoms with Gasteiger partial charge in [-0.15, -0.1) is 0 Å². The number of carbonyl (C=O) groups is 1. The lowest BCUT2D eigenvalue weighted by Crippen LogP contribution is -2.39. The number of hydrogen-bond acceptors (Lipinski definition) is 9. The lowest BCUT2D eigenvalue weighted by molar-refractivity contribution is -0.160. The molecule has 0 unspecified atom stereocenters. The fraction of sp³-hybridized carbons (Fsp3) is 0.425. The molecule has 1 fully saturated rings. The number of carboxylic acid groups (broad SMARTS) is 1. The summed E-state index contributed by atoms with van der Waals surface area (Å²) in [6, 6.07) is 14.6. The Morgan fingerprint density at radius 1 is 1.00 bits per heavy atom. The number of fused-ring (bicyclic) bond motifs is 5. The third-order valence-electron chi connectivity index (χ3n) is 10.5. The number of nitrogens with zero attached hydrogens (tertiary/aromatic N) is 7. The van der Waals surface area contributed by atoms with Crippen LogP contribution in [0.3, 0.4) is 0 Å². The fourth-order valence-electron chi connectivity index (χ4n) is 7.79. The minimum atomic E-state index is -1.20. The average molecular weight is 688 g/mol. The smallest absolute Gasteiger partial charge is 0.337 e. The lowest BCUT2D eigenvalue weighted by Gasteiger charge is -2.41. The van der Waals surface area contributed by atoms with Gasteiger partial charge < -0.3 is 24.1 Å². The molecule has 1 N–H and O–H groups in total. The van der Waals surface area contributed by atoms with E-state index in [1.165, 1.54) is 11.1 Å². The summed E-state index contributed by atoms with van der Waals surface area (Å²) in [4.78, 5) is 32.0. The number of pyridine rings is 1. The molecule has 264 valence electrons. The highest BCUT2D eigenvalue weighted by Gasteiger charge is 2.38. The topological polar surface area (TPSA) is 122 Å². The molecule has 2 aliphatic rings. The van der Waals surface area contributed by atoms with E-state index < -0.39 is 17.7 Å². The first-order chi connectivity index (χ1) is 24.3. The van der Waals surface area contributed by atoms with Gasteiger partial charge in [-0.25, -0.2) is 24.3 Å². The Morgan fingerprint density at radius 3 is 2.51 bits per heavy atom. The summed E-state index contributed by atoms with van der Waals surface area (Å²) in [5, 5.41) is 16.5. The number of aromatic nitrogens is 5. The van der Waals surface area contributed by atoms with Gasteiger partial charge >= 0.3 is 5.97 Å². The zero-order valence-corrected chi connectivity index (χ0v) is 30.4. The van der Waals surface area contributed by atoms with Gasteiger partial charge in [0.05, 0.1) is 16.9 Å². The van der Waals surface area contributed by atoms with Crippen LogP contribution in [0.25, 0.3) is 38.8 Å². The standard InChI is InChI=1S/C40H45N7O4/c1-23-30(34(38(48)49)51-39(3,4)5)33(45-18-15-40(6,7)16-19-45)31(36-43-24(2)44-47(23)36)26-12-13-27-21-46(17-14-25(27)20-26)37-35-32(41-22-42-37)28-10-8-9-11-29(28)50-35/h8-13,20,22,34H,14-19,21H2,1-7H3,(H,48,49)/t34-/m0/s1. The summed E-state index contributed by atoms with van der Waals surface area (Å²) in [7, 11) is 0. The van der Waals surface area contributed by atoms with E-state index in [4.69, 9.17) is 19.2 Å². The largest absolute Gasteiger partial charge is 0.479 e. The number of carboxylic acids is 1. The van der Waals surface area contributed by atoms with Crippen LogP contribution in [0, 0.1) is 19.3 Å². The Bertz CT molecular complexity index is 2320. The van der Waals surface area contributed by atoms with Gasteiger partial charge in [0, 0.05) is 42.8 Å². The number of hydrogen-bond donors (Lipinski definition) is 1. The van der Waals surface area contributed by atoms with Crippen LogP contribution >= 0.6 is 0 Å². The molecule has 8 rings (SSSR count). The first-order valence-corrected chi connectivity index (χ1v) is 17.8. The van der Waals surface area contributed by atoms with Crippen LogP contribution in [-0.2, 0) is 22.5 Å². The van der Waals surface area contributed by atoms with E-state index in [1.807, 2.05) is 63.4 Å². The summed E-state index contributed by atoms with van der Waals surface area (Å²) in [5.41, 5.74) is 9.11. The maximum absolute atomic E-state index is 13.1. The third-order valence-corrected chi connectivity index (χ3v) is 10.5. The number of furan rings is 1. The molecule has 0 amide bonds. The SMILES string of the molecule is Cc1nc2c(-c3ccc4c(c3)CCN(c3ncnc5c3oc3ccccc35)C4)c(N3CCC(C)(C)CC3)c([C@H](OC(C)(C)C)C(=O)O)c(C)n2n1. The van der Waals surface area contributed by atoms with Gasteiger partial charge in [0.15, 0.2) is 23.2 Å². The summed E-state index contributed by atoms with van der Waals surface area (Å²) >= 11 is 0. The molecule has 1 saturated heterocycles. The van der Waals surface area contributed by atoms with Crippen LogP contribution < -0.4 is 9.80 Å². The molecule has 1 atom stereocenters. The Hall–Kier alpha value is -5.03. The Balaban J connectivity index is 1.27. The summed E-state index contributed by atoms with van der Waals surface area (Å²) in [6.45, 7) is 17.1. The van der Waals surface area contributed by atoms with Crippen LogP contribution in [0.5, 0.6) is 0 Å². The van der Waals surface area contributed by atoms with Crippen LogP contribution in [0.4, 0.5) is 11.5 Å². The molecule has 0 spiro atoms. The van der Waals surface area contributed by atoms with Gasteiger partial charge in [-0.2, -0.15) is 5.10 Å². The molecular weight excluding hydrogens is 642 g/mol. The average Bonchev–Trinajstić information content (AvgIpc) is 3.67. The summed E-state index contributed by atoms with van der Waals surface area (Å²) in [6.07, 6.45) is 3.20. The molecule has 0 bridgehead atoms. The van der Waals surface area contributed by atoms with Gasteiger partial charge in [0.25, 0.3) is 0 Å². The molecule has 0 radical (unpaired) electrons. The molecule has 4 aromatic heterocycles. The van der Waals surface area contributed by atoms with Crippen molar-refractivity contribution in [2.45, 2.75) is 86.0 Å². The van der Waals surface area contributed by atoms with Crippen molar-refractivity contribution in [1.82, 2.24) is 24.6 Å². The van der Waals surface area contributed by atoms with Crippen molar-refractivity contribution in [3.63, 3.8) is 0 Å². The number of rotatable bonds is 6. The number of benzene rings is 2. The van der Waals surface area contributed by atoms with Crippen LogP contribution in [0.15, 0.2) is 53.2 Å². The number of para-hydroxylation sites is 1. The number of aliphatic carboxylic acids is 1. The molecule has 2 aliphatic heterocycles. The molecule has 6 aromatic rings. The second kappa shape index (κ2) is 12.0. The number of anilines is 2. The van der Waals surface area contributed by atoms with E-state index in [0.29, 0.717) is 23.5 Å². The first-order valence-electron chi connectivity index (χ1n) is 17.8. The van der Waals surface area contributed by atoms with Crippen LogP contribution in [0.2, 0.25) is 0 Å². The van der Waals surface area contributed by atoms with Gasteiger partial charge in [-0.3, -0.25) is 0 Å².